The first-order chi connectivity index (χ1) is 6.81. The summed E-state index contributed by atoms with van der Waals surface area (Å²) in [4.78, 5) is 0. The highest BCUT2D eigenvalue weighted by Crippen LogP contribution is 2.14. The highest BCUT2D eigenvalue weighted by Gasteiger charge is 2.03. The SMILES string of the molecule is Cc1ccc(-n2ccnn2)c(CN)c1. The first-order valence-corrected chi connectivity index (χ1v) is 4.47. The lowest BCUT2D eigenvalue weighted by Crippen LogP contribution is -2.05. The third kappa shape index (κ3) is 1.52. The van der Waals surface area contributed by atoms with Gasteiger partial charge in [-0.3, -0.25) is 0 Å². The minimum atomic E-state index is 0.511. The van der Waals surface area contributed by atoms with Crippen LogP contribution in [0, 0.1) is 6.92 Å². The Hall–Kier alpha value is -1.68. The summed E-state index contributed by atoms with van der Waals surface area (Å²) in [5.41, 5.74) is 8.94. The van der Waals surface area contributed by atoms with E-state index >= 15 is 0 Å². The van der Waals surface area contributed by atoms with E-state index in [-0.39, 0.29) is 0 Å². The van der Waals surface area contributed by atoms with E-state index in [0.29, 0.717) is 6.54 Å². The van der Waals surface area contributed by atoms with Gasteiger partial charge in [-0.1, -0.05) is 22.9 Å². The maximum atomic E-state index is 5.66. The van der Waals surface area contributed by atoms with Crippen LogP contribution in [0.4, 0.5) is 0 Å². The van der Waals surface area contributed by atoms with Gasteiger partial charge in [-0.05, 0) is 18.6 Å². The Bertz CT molecular complexity index is 420. The third-order valence-corrected chi connectivity index (χ3v) is 2.12. The summed E-state index contributed by atoms with van der Waals surface area (Å²) in [6, 6.07) is 6.11. The van der Waals surface area contributed by atoms with Crippen molar-refractivity contribution in [3.63, 3.8) is 0 Å². The van der Waals surface area contributed by atoms with Gasteiger partial charge in [-0.2, -0.15) is 0 Å². The zero-order valence-electron chi connectivity index (χ0n) is 8.01. The Morgan fingerprint density at radius 3 is 2.93 bits per heavy atom. The lowest BCUT2D eigenvalue weighted by atomic mass is 10.1. The minimum Gasteiger partial charge on any atom is -0.326 e. The molecule has 1 aromatic carbocycles. The van der Waals surface area contributed by atoms with Crippen molar-refractivity contribution in [3.05, 3.63) is 41.7 Å². The molecule has 4 nitrogen and oxygen atoms in total. The maximum absolute atomic E-state index is 5.66. The molecule has 2 rings (SSSR count). The summed E-state index contributed by atoms with van der Waals surface area (Å²) in [6.07, 6.45) is 3.46. The normalized spacial score (nSPS) is 10.4. The molecule has 1 heterocycles. The first-order valence-electron chi connectivity index (χ1n) is 4.47. The van der Waals surface area contributed by atoms with Gasteiger partial charge >= 0.3 is 0 Å². The molecule has 72 valence electrons. The van der Waals surface area contributed by atoms with E-state index in [1.165, 1.54) is 5.56 Å². The molecule has 1 aromatic heterocycles. The molecule has 2 N–H and O–H groups in total. The van der Waals surface area contributed by atoms with Crippen molar-refractivity contribution in [2.45, 2.75) is 13.5 Å². The molecule has 0 amide bonds. The molecule has 0 radical (unpaired) electrons. The summed E-state index contributed by atoms with van der Waals surface area (Å²) in [6.45, 7) is 2.56. The fourth-order valence-electron chi connectivity index (χ4n) is 1.44. The van der Waals surface area contributed by atoms with Crippen LogP contribution in [0.1, 0.15) is 11.1 Å². The van der Waals surface area contributed by atoms with Crippen LogP contribution < -0.4 is 5.73 Å². The average molecular weight is 188 g/mol. The van der Waals surface area contributed by atoms with Crippen molar-refractivity contribution < 1.29 is 0 Å². The molecule has 0 spiro atoms. The standard InChI is InChI=1S/C10H12N4/c1-8-2-3-10(9(6-8)7-11)14-5-4-12-13-14/h2-6H,7,11H2,1H3. The van der Waals surface area contributed by atoms with Crippen LogP contribution in [-0.4, -0.2) is 15.0 Å². The van der Waals surface area contributed by atoms with Gasteiger partial charge in [0.25, 0.3) is 0 Å². The van der Waals surface area contributed by atoms with Crippen LogP contribution in [0.25, 0.3) is 5.69 Å². The van der Waals surface area contributed by atoms with E-state index in [1.54, 1.807) is 10.9 Å². The molecular formula is C10H12N4. The number of nitrogens with zero attached hydrogens (tertiary/aromatic N) is 3. The third-order valence-electron chi connectivity index (χ3n) is 2.12. The molecule has 0 unspecified atom stereocenters. The van der Waals surface area contributed by atoms with Crippen molar-refractivity contribution in [2.24, 2.45) is 5.73 Å². The van der Waals surface area contributed by atoms with Crippen molar-refractivity contribution in [3.8, 4) is 5.69 Å². The maximum Gasteiger partial charge on any atom is 0.0708 e. The second kappa shape index (κ2) is 3.59. The molecule has 0 atom stereocenters. The molecule has 2 aromatic rings. The fraction of sp³-hybridized carbons (Fsp3) is 0.200. The van der Waals surface area contributed by atoms with Crippen LogP contribution in [0.15, 0.2) is 30.6 Å². The van der Waals surface area contributed by atoms with Crippen LogP contribution in [0.3, 0.4) is 0 Å². The van der Waals surface area contributed by atoms with Gasteiger partial charge in [-0.15, -0.1) is 5.10 Å². The molecule has 4 heteroatoms. The van der Waals surface area contributed by atoms with Crippen LogP contribution in [0.2, 0.25) is 0 Å². The van der Waals surface area contributed by atoms with E-state index in [1.807, 2.05) is 25.3 Å². The molecule has 0 saturated heterocycles. The predicted octanol–water partition coefficient (Wildman–Crippen LogP) is 1.03. The van der Waals surface area contributed by atoms with E-state index in [9.17, 15) is 0 Å². The van der Waals surface area contributed by atoms with Crippen molar-refractivity contribution in [1.29, 1.82) is 0 Å². The van der Waals surface area contributed by atoms with Crippen molar-refractivity contribution >= 4 is 0 Å². The highest BCUT2D eigenvalue weighted by molar-refractivity contribution is 5.42. The summed E-state index contributed by atoms with van der Waals surface area (Å²) in [5.74, 6) is 0. The second-order valence-corrected chi connectivity index (χ2v) is 3.18. The number of benzene rings is 1. The topological polar surface area (TPSA) is 56.7 Å². The van der Waals surface area contributed by atoms with Crippen molar-refractivity contribution in [1.82, 2.24) is 15.0 Å². The van der Waals surface area contributed by atoms with Crippen LogP contribution in [-0.2, 0) is 6.54 Å². The van der Waals surface area contributed by atoms with Gasteiger partial charge in [0, 0.05) is 6.54 Å². The summed E-state index contributed by atoms with van der Waals surface area (Å²) >= 11 is 0. The highest BCUT2D eigenvalue weighted by atomic mass is 15.4. The second-order valence-electron chi connectivity index (χ2n) is 3.18. The van der Waals surface area contributed by atoms with Crippen LogP contribution >= 0.6 is 0 Å². The van der Waals surface area contributed by atoms with Crippen molar-refractivity contribution in [2.75, 3.05) is 0 Å². The van der Waals surface area contributed by atoms with Crippen LogP contribution in [0.5, 0.6) is 0 Å². The molecule has 14 heavy (non-hydrogen) atoms. The van der Waals surface area contributed by atoms with Gasteiger partial charge in [0.1, 0.15) is 0 Å². The number of rotatable bonds is 2. The molecule has 0 fully saturated rings. The molecule has 0 aliphatic carbocycles. The first kappa shape index (κ1) is 8.90. The van der Waals surface area contributed by atoms with E-state index in [4.69, 9.17) is 5.73 Å². The quantitative estimate of drug-likeness (QED) is 0.766. The predicted molar refractivity (Wildman–Crippen MR) is 54.0 cm³/mol. The molecular weight excluding hydrogens is 176 g/mol. The number of aromatic nitrogens is 3. The Kier molecular flexibility index (Phi) is 2.28. The Morgan fingerprint density at radius 2 is 2.29 bits per heavy atom. The number of hydrogen-bond acceptors (Lipinski definition) is 3. The zero-order chi connectivity index (χ0) is 9.97. The Balaban J connectivity index is 2.53. The summed E-state index contributed by atoms with van der Waals surface area (Å²) in [5, 5.41) is 7.70. The van der Waals surface area contributed by atoms with Gasteiger partial charge in [0.15, 0.2) is 0 Å². The molecule has 0 aliphatic rings. The van der Waals surface area contributed by atoms with Gasteiger partial charge < -0.3 is 5.73 Å². The number of hydrogen-bond donors (Lipinski definition) is 1. The number of nitrogens with two attached hydrogens (primary N) is 1. The number of aryl methyl sites for hydroxylation is 1. The largest absolute Gasteiger partial charge is 0.326 e. The van der Waals surface area contributed by atoms with E-state index in [2.05, 4.69) is 16.4 Å². The minimum absolute atomic E-state index is 0.511. The van der Waals surface area contributed by atoms with Gasteiger partial charge in [0.2, 0.25) is 0 Å². The molecule has 0 aliphatic heterocycles. The molecule has 0 bridgehead atoms. The van der Waals surface area contributed by atoms with Gasteiger partial charge in [-0.25, -0.2) is 4.68 Å². The van der Waals surface area contributed by atoms with E-state index in [0.717, 1.165) is 11.3 Å². The average Bonchev–Trinajstić information content (AvgIpc) is 2.70. The fourth-order valence-corrected chi connectivity index (χ4v) is 1.44. The lowest BCUT2D eigenvalue weighted by molar-refractivity contribution is 0.791. The summed E-state index contributed by atoms with van der Waals surface area (Å²) in [7, 11) is 0. The smallest absolute Gasteiger partial charge is 0.0708 e. The Labute approximate surface area is 82.4 Å². The molecule has 0 saturated carbocycles. The Morgan fingerprint density at radius 1 is 1.43 bits per heavy atom. The lowest BCUT2D eigenvalue weighted by Gasteiger charge is -2.07. The van der Waals surface area contributed by atoms with Gasteiger partial charge in [0.05, 0.1) is 18.1 Å². The monoisotopic (exact) mass is 188 g/mol. The van der Waals surface area contributed by atoms with E-state index < -0.39 is 0 Å². The zero-order valence-corrected chi connectivity index (χ0v) is 8.01. The summed E-state index contributed by atoms with van der Waals surface area (Å²) < 4.78 is 1.72.